The van der Waals surface area contributed by atoms with Crippen molar-refractivity contribution in [3.05, 3.63) is 82.3 Å². The summed E-state index contributed by atoms with van der Waals surface area (Å²) < 4.78 is 0. The van der Waals surface area contributed by atoms with Crippen molar-refractivity contribution in [2.75, 3.05) is 6.54 Å². The zero-order valence-electron chi connectivity index (χ0n) is 14.7. The van der Waals surface area contributed by atoms with E-state index in [0.29, 0.717) is 17.3 Å². The molecule has 136 valence electrons. The van der Waals surface area contributed by atoms with Gasteiger partial charge in [-0.3, -0.25) is 9.69 Å². The van der Waals surface area contributed by atoms with Gasteiger partial charge in [-0.2, -0.15) is 0 Å². The van der Waals surface area contributed by atoms with Crippen LogP contribution in [0.4, 0.5) is 0 Å². The number of carbonyl (C=O) groups is 1. The highest BCUT2D eigenvalue weighted by Gasteiger charge is 2.25. The number of carbonyl (C=O) groups excluding carboxylic acids is 1. The second kappa shape index (κ2) is 7.47. The van der Waals surface area contributed by atoms with Crippen LogP contribution in [0.15, 0.2) is 54.6 Å². The Hall–Kier alpha value is -2.76. The Morgan fingerprint density at radius 1 is 1.07 bits per heavy atom. The van der Waals surface area contributed by atoms with Gasteiger partial charge < -0.3 is 5.73 Å². The van der Waals surface area contributed by atoms with Crippen LogP contribution in [0, 0.1) is 0 Å². The molecule has 6 heteroatoms. The molecule has 1 aliphatic heterocycles. The number of halogens is 1. The van der Waals surface area contributed by atoms with Crippen LogP contribution in [-0.2, 0) is 19.5 Å². The quantitative estimate of drug-likeness (QED) is 0.754. The van der Waals surface area contributed by atoms with Crippen LogP contribution >= 0.6 is 11.6 Å². The highest BCUT2D eigenvalue weighted by Crippen LogP contribution is 2.33. The molecule has 0 radical (unpaired) electrons. The second-order valence-electron chi connectivity index (χ2n) is 6.61. The number of rotatable bonds is 4. The lowest BCUT2D eigenvalue weighted by Crippen LogP contribution is -2.32. The molecule has 5 nitrogen and oxygen atoms in total. The molecule has 2 N–H and O–H groups in total. The Labute approximate surface area is 162 Å². The first-order valence-electron chi connectivity index (χ1n) is 8.82. The van der Waals surface area contributed by atoms with Crippen molar-refractivity contribution in [2.45, 2.75) is 19.5 Å². The third-order valence-corrected chi connectivity index (χ3v) is 5.07. The van der Waals surface area contributed by atoms with Gasteiger partial charge in [0, 0.05) is 42.2 Å². The summed E-state index contributed by atoms with van der Waals surface area (Å²) in [6.45, 7) is 2.41. The zero-order valence-corrected chi connectivity index (χ0v) is 15.5. The summed E-state index contributed by atoms with van der Waals surface area (Å²) in [4.78, 5) is 22.9. The molecule has 0 saturated carbocycles. The minimum atomic E-state index is -0.627. The number of fused-ring (bicyclic) bond motifs is 1. The maximum absolute atomic E-state index is 11.7. The Kier molecular flexibility index (Phi) is 4.88. The van der Waals surface area contributed by atoms with Crippen LogP contribution in [0.2, 0.25) is 5.02 Å². The fourth-order valence-electron chi connectivity index (χ4n) is 3.43. The van der Waals surface area contributed by atoms with E-state index in [1.807, 2.05) is 42.5 Å². The van der Waals surface area contributed by atoms with Gasteiger partial charge in [-0.25, -0.2) is 9.97 Å². The second-order valence-corrected chi connectivity index (χ2v) is 7.02. The molecular weight excluding hydrogens is 360 g/mol. The molecule has 0 fully saturated rings. The average Bonchev–Trinajstić information content (AvgIpc) is 2.68. The molecule has 0 saturated heterocycles. The van der Waals surface area contributed by atoms with Crippen LogP contribution in [0.3, 0.4) is 0 Å². The molecule has 2 heterocycles. The Balaban J connectivity index is 1.75. The Morgan fingerprint density at radius 2 is 1.81 bits per heavy atom. The van der Waals surface area contributed by atoms with Crippen molar-refractivity contribution in [3.8, 4) is 11.3 Å². The van der Waals surface area contributed by atoms with E-state index in [9.17, 15) is 4.79 Å². The topological polar surface area (TPSA) is 72.1 Å². The van der Waals surface area contributed by atoms with Crippen LogP contribution < -0.4 is 5.73 Å². The number of nitrogens with two attached hydrogens (primary N) is 1. The summed E-state index contributed by atoms with van der Waals surface area (Å²) in [5, 5.41) is 0.592. The first-order chi connectivity index (χ1) is 13.1. The normalized spacial score (nSPS) is 14.0. The number of benzene rings is 2. The van der Waals surface area contributed by atoms with Crippen molar-refractivity contribution in [1.82, 2.24) is 14.9 Å². The molecule has 1 aliphatic rings. The van der Waals surface area contributed by atoms with Gasteiger partial charge in [-0.05, 0) is 11.6 Å². The summed E-state index contributed by atoms with van der Waals surface area (Å²) in [7, 11) is 0. The van der Waals surface area contributed by atoms with Crippen molar-refractivity contribution in [2.24, 2.45) is 5.73 Å². The molecular formula is C21H19ClN4O. The van der Waals surface area contributed by atoms with Gasteiger partial charge in [0.2, 0.25) is 5.82 Å². The van der Waals surface area contributed by atoms with E-state index in [0.717, 1.165) is 36.3 Å². The number of nitrogens with zero attached hydrogens (tertiary/aromatic N) is 3. The lowest BCUT2D eigenvalue weighted by Gasteiger charge is -2.29. The molecule has 3 aromatic rings. The van der Waals surface area contributed by atoms with Gasteiger partial charge in [0.15, 0.2) is 0 Å². The third kappa shape index (κ3) is 3.70. The lowest BCUT2D eigenvalue weighted by molar-refractivity contribution is 0.0989. The Morgan fingerprint density at radius 3 is 2.56 bits per heavy atom. The van der Waals surface area contributed by atoms with E-state index in [4.69, 9.17) is 17.3 Å². The SMILES string of the molecule is NC(=O)c1nc2c(c(-c3ccccc3Cl)n1)CN(Cc1ccccc1)CC2. The largest absolute Gasteiger partial charge is 0.363 e. The van der Waals surface area contributed by atoms with Gasteiger partial charge in [-0.15, -0.1) is 0 Å². The number of amides is 1. The summed E-state index contributed by atoms with van der Waals surface area (Å²) >= 11 is 6.41. The van der Waals surface area contributed by atoms with Crippen LogP contribution in [-0.4, -0.2) is 27.3 Å². The molecule has 0 bridgehead atoms. The summed E-state index contributed by atoms with van der Waals surface area (Å²) in [5.41, 5.74) is 10.1. The summed E-state index contributed by atoms with van der Waals surface area (Å²) in [6, 6.07) is 17.9. The standard InChI is InChI=1S/C21H19ClN4O/c22-17-9-5-4-8-15(17)19-16-13-26(12-14-6-2-1-3-7-14)11-10-18(16)24-21(25-19)20(23)27/h1-9H,10-13H2,(H2,23,27). The van der Waals surface area contributed by atoms with Crippen molar-refractivity contribution in [1.29, 1.82) is 0 Å². The molecule has 0 spiro atoms. The highest BCUT2D eigenvalue weighted by atomic mass is 35.5. The van der Waals surface area contributed by atoms with Gasteiger partial charge >= 0.3 is 0 Å². The predicted molar refractivity (Wildman–Crippen MR) is 105 cm³/mol. The van der Waals surface area contributed by atoms with Crippen LogP contribution in [0.5, 0.6) is 0 Å². The molecule has 0 aliphatic carbocycles. The van der Waals surface area contributed by atoms with E-state index in [-0.39, 0.29) is 5.82 Å². The number of primary amides is 1. The monoisotopic (exact) mass is 378 g/mol. The van der Waals surface area contributed by atoms with Crippen molar-refractivity contribution in [3.63, 3.8) is 0 Å². The number of hydrogen-bond acceptors (Lipinski definition) is 4. The third-order valence-electron chi connectivity index (χ3n) is 4.74. The summed E-state index contributed by atoms with van der Waals surface area (Å²) in [6.07, 6.45) is 0.739. The lowest BCUT2D eigenvalue weighted by atomic mass is 9.98. The minimum absolute atomic E-state index is 0.0418. The van der Waals surface area contributed by atoms with Crippen molar-refractivity contribution >= 4 is 17.5 Å². The molecule has 1 amide bonds. The van der Waals surface area contributed by atoms with Gasteiger partial charge in [0.05, 0.1) is 11.4 Å². The van der Waals surface area contributed by atoms with Crippen LogP contribution in [0.25, 0.3) is 11.3 Å². The fourth-order valence-corrected chi connectivity index (χ4v) is 3.66. The fraction of sp³-hybridized carbons (Fsp3) is 0.190. The average molecular weight is 379 g/mol. The van der Waals surface area contributed by atoms with Gasteiger partial charge in [-0.1, -0.05) is 60.1 Å². The first-order valence-corrected chi connectivity index (χ1v) is 9.20. The number of aromatic nitrogens is 2. The maximum atomic E-state index is 11.7. The molecule has 4 rings (SSSR count). The van der Waals surface area contributed by atoms with Gasteiger partial charge in [0.1, 0.15) is 0 Å². The van der Waals surface area contributed by atoms with E-state index >= 15 is 0 Å². The van der Waals surface area contributed by atoms with E-state index < -0.39 is 5.91 Å². The zero-order chi connectivity index (χ0) is 18.8. The Bertz CT molecular complexity index is 991. The molecule has 2 aromatic carbocycles. The van der Waals surface area contributed by atoms with Crippen LogP contribution in [0.1, 0.15) is 27.4 Å². The van der Waals surface area contributed by atoms with E-state index in [1.165, 1.54) is 5.56 Å². The molecule has 1 aromatic heterocycles. The molecule has 0 unspecified atom stereocenters. The van der Waals surface area contributed by atoms with Gasteiger partial charge in [0.25, 0.3) is 5.91 Å². The maximum Gasteiger partial charge on any atom is 0.286 e. The predicted octanol–water partition coefficient (Wildman–Crippen LogP) is 3.45. The highest BCUT2D eigenvalue weighted by molar-refractivity contribution is 6.33. The van der Waals surface area contributed by atoms with E-state index in [1.54, 1.807) is 0 Å². The smallest absolute Gasteiger partial charge is 0.286 e. The first kappa shape index (κ1) is 17.6. The van der Waals surface area contributed by atoms with E-state index in [2.05, 4.69) is 27.0 Å². The van der Waals surface area contributed by atoms with Crippen molar-refractivity contribution < 1.29 is 4.79 Å². The molecule has 27 heavy (non-hydrogen) atoms. The minimum Gasteiger partial charge on any atom is -0.363 e. The number of hydrogen-bond donors (Lipinski definition) is 1. The summed E-state index contributed by atoms with van der Waals surface area (Å²) in [5.74, 6) is -0.585. The molecule has 0 atom stereocenters.